The molecule has 0 N–H and O–H groups in total. The van der Waals surface area contributed by atoms with Crippen LogP contribution in [0.5, 0.6) is 0 Å². The molecule has 0 unspecified atom stereocenters. The van der Waals surface area contributed by atoms with Crippen molar-refractivity contribution in [2.45, 2.75) is 58.8 Å². The van der Waals surface area contributed by atoms with Gasteiger partial charge in [-0.2, -0.15) is 0 Å². The van der Waals surface area contributed by atoms with Gasteiger partial charge in [-0.25, -0.2) is 0 Å². The van der Waals surface area contributed by atoms with E-state index in [1.165, 1.54) is 69.8 Å². The second-order valence-electron chi connectivity index (χ2n) is 13.1. The van der Waals surface area contributed by atoms with Crippen LogP contribution in [0.15, 0.2) is 114 Å². The van der Waals surface area contributed by atoms with E-state index in [2.05, 4.69) is 110 Å². The average molecular weight is 651 g/mol. The summed E-state index contributed by atoms with van der Waals surface area (Å²) >= 11 is 1.87. The number of benzene rings is 6. The molecule has 1 nitrogen and oxygen atoms in total. The SMILES string of the molecule is CCCCCCCCc1ccc2c(c1)sc1c2cc(C#Cc2ccccc2)c2c3oc4cc(C)ccc4c3cc(C#Cc3ccccc3)c12. The number of fused-ring (bicyclic) bond motifs is 9. The highest BCUT2D eigenvalue weighted by Gasteiger charge is 2.21. The summed E-state index contributed by atoms with van der Waals surface area (Å²) in [7, 11) is 0. The van der Waals surface area contributed by atoms with Gasteiger partial charge in [0.05, 0.1) is 0 Å². The van der Waals surface area contributed by atoms with Crippen molar-refractivity contribution in [1.82, 2.24) is 0 Å². The highest BCUT2D eigenvalue weighted by molar-refractivity contribution is 7.26. The number of hydrogen-bond donors (Lipinski definition) is 0. The van der Waals surface area contributed by atoms with Crippen LogP contribution < -0.4 is 0 Å². The molecule has 238 valence electrons. The van der Waals surface area contributed by atoms with Crippen molar-refractivity contribution in [2.75, 3.05) is 0 Å². The highest BCUT2D eigenvalue weighted by Crippen LogP contribution is 2.45. The first-order valence-electron chi connectivity index (χ1n) is 17.6. The molecule has 0 bridgehead atoms. The van der Waals surface area contributed by atoms with Crippen molar-refractivity contribution >= 4 is 64.2 Å². The molecule has 8 aromatic rings. The van der Waals surface area contributed by atoms with Crippen LogP contribution in [0.4, 0.5) is 0 Å². The Morgan fingerprint density at radius 2 is 1.22 bits per heavy atom. The summed E-state index contributed by atoms with van der Waals surface area (Å²) in [5.41, 5.74) is 8.31. The Labute approximate surface area is 292 Å². The van der Waals surface area contributed by atoms with E-state index in [0.29, 0.717) is 0 Å². The van der Waals surface area contributed by atoms with Gasteiger partial charge in [-0.1, -0.05) is 123 Å². The lowest BCUT2D eigenvalue weighted by molar-refractivity contribution is 0.607. The Morgan fingerprint density at radius 3 is 1.96 bits per heavy atom. The summed E-state index contributed by atoms with van der Waals surface area (Å²) in [5.74, 6) is 14.2. The zero-order chi connectivity index (χ0) is 33.2. The minimum Gasteiger partial charge on any atom is -0.455 e. The van der Waals surface area contributed by atoms with Gasteiger partial charge in [0.15, 0.2) is 0 Å². The van der Waals surface area contributed by atoms with Gasteiger partial charge in [-0.3, -0.25) is 0 Å². The normalized spacial score (nSPS) is 11.3. The minimum atomic E-state index is 0.876. The average Bonchev–Trinajstić information content (AvgIpc) is 3.68. The number of hydrogen-bond acceptors (Lipinski definition) is 2. The fraction of sp³-hybridized carbons (Fsp3) is 0.191. The summed E-state index contributed by atoms with van der Waals surface area (Å²) in [6.07, 6.45) is 8.98. The van der Waals surface area contributed by atoms with Gasteiger partial charge in [-0.05, 0) is 79.4 Å². The molecule has 0 aliphatic heterocycles. The van der Waals surface area contributed by atoms with Crippen LogP contribution in [0.25, 0.3) is 52.9 Å². The smallest absolute Gasteiger partial charge is 0.144 e. The predicted molar refractivity (Wildman–Crippen MR) is 211 cm³/mol. The Kier molecular flexibility index (Phi) is 8.66. The summed E-state index contributed by atoms with van der Waals surface area (Å²) in [6.45, 7) is 4.39. The molecule has 2 heterocycles. The van der Waals surface area contributed by atoms with Crippen LogP contribution >= 0.6 is 11.3 Å². The van der Waals surface area contributed by atoms with E-state index >= 15 is 0 Å². The maximum Gasteiger partial charge on any atom is 0.144 e. The third-order valence-electron chi connectivity index (χ3n) is 9.55. The lowest BCUT2D eigenvalue weighted by Crippen LogP contribution is -1.88. The summed E-state index contributed by atoms with van der Waals surface area (Å²) in [4.78, 5) is 0. The number of unbranched alkanes of at least 4 members (excludes halogenated alkanes) is 5. The molecule has 6 aromatic carbocycles. The number of thiophene rings is 1. The van der Waals surface area contributed by atoms with Gasteiger partial charge in [0, 0.05) is 64.0 Å². The molecule has 0 aliphatic carbocycles. The largest absolute Gasteiger partial charge is 0.455 e. The predicted octanol–water partition coefficient (Wildman–Crippen LogP) is 13.1. The van der Waals surface area contributed by atoms with Crippen LogP contribution in [0, 0.1) is 30.6 Å². The Morgan fingerprint density at radius 1 is 0.571 bits per heavy atom. The molecular formula is C47H38OS. The van der Waals surface area contributed by atoms with E-state index in [1.54, 1.807) is 0 Å². The van der Waals surface area contributed by atoms with Crippen molar-refractivity contribution < 1.29 is 4.42 Å². The van der Waals surface area contributed by atoms with E-state index in [-0.39, 0.29) is 0 Å². The van der Waals surface area contributed by atoms with Crippen LogP contribution in [-0.4, -0.2) is 0 Å². The molecule has 0 amide bonds. The van der Waals surface area contributed by atoms with Crippen molar-refractivity contribution in [1.29, 1.82) is 0 Å². The van der Waals surface area contributed by atoms with Crippen LogP contribution in [0.1, 0.15) is 78.8 Å². The standard InChI is InChI=1S/C47H38OS/c1-3-4-5-6-7-10-19-35-23-27-39-41-31-36(24-21-33-15-11-8-12-16-33)44-45(47(41)49-43(39)29-35)37(25-22-34-17-13-9-14-18-34)30-40-38-26-20-32(2)28-42(38)48-46(40)44/h8-9,11-18,20,23,26-31H,3-7,10,19H2,1-2H3. The molecular weight excluding hydrogens is 613 g/mol. The van der Waals surface area contributed by atoms with Gasteiger partial charge in [0.25, 0.3) is 0 Å². The maximum atomic E-state index is 6.77. The Balaban J connectivity index is 1.39. The number of rotatable bonds is 7. The second kappa shape index (κ2) is 13.7. The van der Waals surface area contributed by atoms with E-state index < -0.39 is 0 Å². The molecule has 8 rings (SSSR count). The zero-order valence-corrected chi connectivity index (χ0v) is 29.0. The van der Waals surface area contributed by atoms with Crippen LogP contribution in [-0.2, 0) is 6.42 Å². The van der Waals surface area contributed by atoms with Crippen molar-refractivity contribution in [3.8, 4) is 23.7 Å². The van der Waals surface area contributed by atoms with E-state index in [9.17, 15) is 0 Å². The fourth-order valence-electron chi connectivity index (χ4n) is 7.00. The molecule has 0 fully saturated rings. The minimum absolute atomic E-state index is 0.876. The molecule has 0 spiro atoms. The van der Waals surface area contributed by atoms with Crippen LogP contribution in [0.2, 0.25) is 0 Å². The van der Waals surface area contributed by atoms with E-state index in [0.717, 1.165) is 61.4 Å². The summed E-state index contributed by atoms with van der Waals surface area (Å²) < 4.78 is 9.32. The van der Waals surface area contributed by atoms with Crippen molar-refractivity contribution in [2.24, 2.45) is 0 Å². The number of furan rings is 1. The Bertz CT molecular complexity index is 2540. The molecule has 0 radical (unpaired) electrons. The lowest BCUT2D eigenvalue weighted by Gasteiger charge is -2.08. The number of aryl methyl sites for hydroxylation is 2. The van der Waals surface area contributed by atoms with Crippen LogP contribution in [0.3, 0.4) is 0 Å². The van der Waals surface area contributed by atoms with Crippen molar-refractivity contribution in [3.05, 3.63) is 143 Å². The van der Waals surface area contributed by atoms with Crippen molar-refractivity contribution in [3.63, 3.8) is 0 Å². The molecule has 0 atom stereocenters. The van der Waals surface area contributed by atoms with E-state index in [1.807, 2.05) is 47.7 Å². The molecule has 2 heteroatoms. The monoisotopic (exact) mass is 650 g/mol. The molecule has 0 aliphatic rings. The lowest BCUT2D eigenvalue weighted by atomic mass is 9.94. The van der Waals surface area contributed by atoms with Gasteiger partial charge in [0.1, 0.15) is 11.2 Å². The van der Waals surface area contributed by atoms with Gasteiger partial charge >= 0.3 is 0 Å². The fourth-order valence-corrected chi connectivity index (χ4v) is 8.31. The van der Waals surface area contributed by atoms with Gasteiger partial charge in [-0.15, -0.1) is 11.3 Å². The molecule has 49 heavy (non-hydrogen) atoms. The molecule has 0 saturated carbocycles. The maximum absolute atomic E-state index is 6.77. The topological polar surface area (TPSA) is 13.1 Å². The highest BCUT2D eigenvalue weighted by atomic mass is 32.1. The zero-order valence-electron chi connectivity index (χ0n) is 28.2. The summed E-state index contributed by atoms with van der Waals surface area (Å²) in [5, 5.41) is 6.84. The van der Waals surface area contributed by atoms with Gasteiger partial charge < -0.3 is 4.42 Å². The van der Waals surface area contributed by atoms with Gasteiger partial charge in [0.2, 0.25) is 0 Å². The first kappa shape index (κ1) is 31.0. The molecule has 0 saturated heterocycles. The second-order valence-corrected chi connectivity index (χ2v) is 14.2. The third kappa shape index (κ3) is 6.22. The quantitative estimate of drug-likeness (QED) is 0.124. The first-order chi connectivity index (χ1) is 24.2. The molecule has 2 aromatic heterocycles. The summed E-state index contributed by atoms with van der Waals surface area (Å²) in [6, 6.07) is 38.6. The third-order valence-corrected chi connectivity index (χ3v) is 10.7. The Hall–Kier alpha value is -5.28. The first-order valence-corrected chi connectivity index (χ1v) is 18.4. The van der Waals surface area contributed by atoms with E-state index in [4.69, 9.17) is 4.42 Å².